The fourth-order valence-electron chi connectivity index (χ4n) is 8.76. The Balaban J connectivity index is 1.04. The second kappa shape index (κ2) is 11.5. The van der Waals surface area contributed by atoms with Gasteiger partial charge in [0.05, 0.1) is 26.5 Å². The summed E-state index contributed by atoms with van der Waals surface area (Å²) in [7, 11) is 0. The lowest BCUT2D eigenvalue weighted by atomic mass is 9.82. The summed E-state index contributed by atoms with van der Waals surface area (Å²) in [5.74, 6) is 1.96. The van der Waals surface area contributed by atoms with Crippen molar-refractivity contribution in [2.75, 3.05) is 0 Å². The Kier molecular flexibility index (Phi) is 6.45. The normalized spacial score (nSPS) is 13.3. The highest BCUT2D eigenvalue weighted by molar-refractivity contribution is 7.22. The minimum Gasteiger partial charge on any atom is -0.308 e. The molecule has 0 saturated heterocycles. The predicted molar refractivity (Wildman–Crippen MR) is 228 cm³/mol. The summed E-state index contributed by atoms with van der Waals surface area (Å²) >= 11 is 1.79. The molecule has 0 radical (unpaired) electrons. The first-order chi connectivity index (χ1) is 27.5. The van der Waals surface area contributed by atoms with Crippen LogP contribution in [0.3, 0.4) is 0 Å². The van der Waals surface area contributed by atoms with E-state index in [1.165, 1.54) is 32.3 Å². The van der Waals surface area contributed by atoms with Crippen LogP contribution in [-0.2, 0) is 5.41 Å². The van der Waals surface area contributed by atoms with Crippen LogP contribution in [-0.4, -0.2) is 24.5 Å². The van der Waals surface area contributed by atoms with Crippen LogP contribution in [0.4, 0.5) is 0 Å². The molecule has 0 saturated carbocycles. The molecule has 2 aliphatic rings. The van der Waals surface area contributed by atoms with Crippen molar-refractivity contribution < 1.29 is 0 Å². The molecule has 0 unspecified atom stereocenters. The van der Waals surface area contributed by atoms with E-state index in [4.69, 9.17) is 19.9 Å². The first-order valence-corrected chi connectivity index (χ1v) is 19.7. The second-order valence-corrected chi connectivity index (χ2v) is 16.2. The molecule has 2 aliphatic carbocycles. The van der Waals surface area contributed by atoms with Crippen LogP contribution in [0.1, 0.15) is 25.0 Å². The summed E-state index contributed by atoms with van der Waals surface area (Å²) < 4.78 is 3.68. The molecule has 0 atom stereocenters. The van der Waals surface area contributed by atoms with Gasteiger partial charge in [0.1, 0.15) is 5.01 Å². The average Bonchev–Trinajstić information content (AvgIpc) is 3.73. The molecule has 56 heavy (non-hydrogen) atoms. The van der Waals surface area contributed by atoms with Gasteiger partial charge in [-0.05, 0) is 47.0 Å². The molecule has 0 fully saturated rings. The zero-order valence-electron chi connectivity index (χ0n) is 30.6. The van der Waals surface area contributed by atoms with E-state index in [-0.39, 0.29) is 5.41 Å². The van der Waals surface area contributed by atoms with E-state index in [0.29, 0.717) is 17.5 Å². The van der Waals surface area contributed by atoms with Crippen LogP contribution in [0.5, 0.6) is 0 Å². The summed E-state index contributed by atoms with van der Waals surface area (Å²) in [5, 5.41) is 5.57. The van der Waals surface area contributed by atoms with Crippen molar-refractivity contribution >= 4 is 49.1 Å². The fraction of sp³-hybridized carbons (Fsp3) is 0.0600. The Labute approximate surface area is 326 Å². The maximum atomic E-state index is 5.09. The number of hydrogen-bond donors (Lipinski definition) is 0. The van der Waals surface area contributed by atoms with Gasteiger partial charge in [-0.3, -0.25) is 0 Å². The first kappa shape index (κ1) is 31.4. The van der Waals surface area contributed by atoms with Crippen LogP contribution in [0.25, 0.3) is 99.3 Å². The molecule has 3 aromatic heterocycles. The summed E-state index contributed by atoms with van der Waals surface area (Å²) in [6.45, 7) is 4.71. The number of thiazole rings is 1. The van der Waals surface area contributed by atoms with E-state index in [1.807, 2.05) is 60.7 Å². The van der Waals surface area contributed by atoms with Crippen LogP contribution in [0, 0.1) is 0 Å². The maximum Gasteiger partial charge on any atom is 0.165 e. The minimum atomic E-state index is -0.185. The Hall–Kier alpha value is -6.98. The van der Waals surface area contributed by atoms with Gasteiger partial charge in [-0.15, -0.1) is 11.3 Å². The molecular formula is C50H31N5S. The molecule has 262 valence electrons. The Morgan fingerprint density at radius 3 is 1.89 bits per heavy atom. The Bertz CT molecular complexity index is 3360. The van der Waals surface area contributed by atoms with Crippen molar-refractivity contribution in [2.24, 2.45) is 0 Å². The third-order valence-corrected chi connectivity index (χ3v) is 12.7. The summed E-state index contributed by atoms with van der Waals surface area (Å²) in [5.41, 5.74) is 17.3. The van der Waals surface area contributed by atoms with Crippen molar-refractivity contribution in [3.63, 3.8) is 0 Å². The van der Waals surface area contributed by atoms with E-state index in [1.54, 1.807) is 11.3 Å². The third kappa shape index (κ3) is 4.55. The van der Waals surface area contributed by atoms with Crippen molar-refractivity contribution in [1.82, 2.24) is 24.5 Å². The van der Waals surface area contributed by atoms with Crippen LogP contribution in [0.15, 0.2) is 152 Å². The quantitative estimate of drug-likeness (QED) is 0.177. The number of para-hydroxylation sites is 1. The monoisotopic (exact) mass is 733 g/mol. The number of hydrogen-bond acceptors (Lipinski definition) is 5. The Morgan fingerprint density at radius 2 is 1.18 bits per heavy atom. The number of benzene rings is 7. The molecule has 3 heterocycles. The van der Waals surface area contributed by atoms with E-state index in [9.17, 15) is 0 Å². The minimum absolute atomic E-state index is 0.185. The van der Waals surface area contributed by atoms with Gasteiger partial charge in [0.15, 0.2) is 17.5 Å². The lowest BCUT2D eigenvalue weighted by molar-refractivity contribution is 0.660. The fourth-order valence-corrected chi connectivity index (χ4v) is 9.89. The second-order valence-electron chi connectivity index (χ2n) is 15.2. The van der Waals surface area contributed by atoms with Gasteiger partial charge in [0.2, 0.25) is 0 Å². The van der Waals surface area contributed by atoms with E-state index >= 15 is 0 Å². The zero-order chi connectivity index (χ0) is 37.1. The molecule has 0 aliphatic heterocycles. The zero-order valence-corrected chi connectivity index (χ0v) is 31.4. The maximum absolute atomic E-state index is 5.09. The molecule has 0 spiro atoms. The summed E-state index contributed by atoms with van der Waals surface area (Å²) in [6, 6.07) is 53.3. The van der Waals surface area contributed by atoms with Crippen LogP contribution >= 0.6 is 11.3 Å². The van der Waals surface area contributed by atoms with Gasteiger partial charge < -0.3 is 4.57 Å². The highest BCUT2D eigenvalue weighted by Gasteiger charge is 2.38. The van der Waals surface area contributed by atoms with Crippen molar-refractivity contribution in [3.05, 3.63) is 173 Å². The van der Waals surface area contributed by atoms with Gasteiger partial charge in [0.25, 0.3) is 0 Å². The standard InChI is InChI=1S/C50H31N5S/c1-50(2)39-24-25-41-45(56-49(51-41)31-18-10-5-11-19-31)43(39)34-23-22-32(26-40(34)50)55-42-21-13-12-20-33(42)36-28-38(35-27-37(35)44(36)55)48-53-46(29-14-6-3-7-15-29)52-47(54-48)30-16-8-4-9-17-30/h3-26,28H,1-2H3. The summed E-state index contributed by atoms with van der Waals surface area (Å²) in [6.07, 6.45) is 0. The molecule has 10 aromatic rings. The third-order valence-electron chi connectivity index (χ3n) is 11.5. The molecule has 6 heteroatoms. The van der Waals surface area contributed by atoms with Gasteiger partial charge >= 0.3 is 0 Å². The molecule has 5 nitrogen and oxygen atoms in total. The molecular weight excluding hydrogens is 703 g/mol. The number of aromatic nitrogens is 5. The largest absolute Gasteiger partial charge is 0.308 e. The topological polar surface area (TPSA) is 56.5 Å². The molecule has 7 aromatic carbocycles. The lowest BCUT2D eigenvalue weighted by Gasteiger charge is -2.22. The molecule has 0 amide bonds. The first-order valence-electron chi connectivity index (χ1n) is 18.9. The van der Waals surface area contributed by atoms with Crippen LogP contribution < -0.4 is 10.4 Å². The number of nitrogens with zero attached hydrogens (tertiary/aromatic N) is 5. The van der Waals surface area contributed by atoms with E-state index in [2.05, 4.69) is 115 Å². The smallest absolute Gasteiger partial charge is 0.165 e. The van der Waals surface area contributed by atoms with Crippen molar-refractivity contribution in [3.8, 4) is 61.5 Å². The van der Waals surface area contributed by atoms with Gasteiger partial charge in [-0.25, -0.2) is 19.9 Å². The lowest BCUT2D eigenvalue weighted by Crippen LogP contribution is -2.17. The number of fused-ring (bicyclic) bond motifs is 10. The SMILES string of the molecule is CC1(C)c2cc(-n3c4ccccc4c4cc(-c5nc(-c6ccccc6)nc(-c6ccccc6)n5)c5c(c43)=C=5)ccc2-c2c1ccc1nc(-c3ccccc3)sc21. The van der Waals surface area contributed by atoms with E-state index in [0.717, 1.165) is 65.3 Å². The molecule has 0 N–H and O–H groups in total. The number of rotatable bonds is 5. The van der Waals surface area contributed by atoms with Crippen molar-refractivity contribution in [2.45, 2.75) is 19.3 Å². The molecule has 0 bridgehead atoms. The van der Waals surface area contributed by atoms with Crippen molar-refractivity contribution in [1.29, 1.82) is 0 Å². The van der Waals surface area contributed by atoms with E-state index < -0.39 is 0 Å². The van der Waals surface area contributed by atoms with Gasteiger partial charge in [-0.1, -0.05) is 141 Å². The highest BCUT2D eigenvalue weighted by atomic mass is 32.1. The predicted octanol–water partition coefficient (Wildman–Crippen LogP) is 10.6. The summed E-state index contributed by atoms with van der Waals surface area (Å²) in [4.78, 5) is 20.2. The van der Waals surface area contributed by atoms with Gasteiger partial charge in [0, 0.05) is 54.9 Å². The average molecular weight is 734 g/mol. The highest BCUT2D eigenvalue weighted by Crippen LogP contribution is 2.53. The van der Waals surface area contributed by atoms with Gasteiger partial charge in [-0.2, -0.15) is 0 Å². The van der Waals surface area contributed by atoms with Crippen LogP contribution in [0.2, 0.25) is 0 Å². The molecule has 12 rings (SSSR count). The Morgan fingerprint density at radius 1 is 0.536 bits per heavy atom.